The average molecular weight is 346 g/mol. The smallest absolute Gasteiger partial charge is 0.294 e. The second-order valence-corrected chi connectivity index (χ2v) is 5.16. The Morgan fingerprint density at radius 3 is 2.00 bits per heavy atom. The summed E-state index contributed by atoms with van der Waals surface area (Å²) in [6.45, 7) is 0. The molecule has 0 bridgehead atoms. The Morgan fingerprint density at radius 1 is 0.833 bits per heavy atom. The Morgan fingerprint density at radius 2 is 1.46 bits per heavy atom. The minimum Gasteiger partial charge on any atom is -0.294 e. The van der Waals surface area contributed by atoms with Crippen LogP contribution in [0.15, 0.2) is 48.5 Å². The first-order valence-corrected chi connectivity index (χ1v) is 6.94. The largest absolute Gasteiger partial charge is 0.417 e. The van der Waals surface area contributed by atoms with Crippen LogP contribution < -0.4 is 0 Å². The highest BCUT2D eigenvalue weighted by molar-refractivity contribution is 5.97. The van der Waals surface area contributed by atoms with E-state index in [-0.39, 0.29) is 18.9 Å². The molecule has 7 heteroatoms. The van der Waals surface area contributed by atoms with Crippen LogP contribution in [0.25, 0.3) is 0 Å². The summed E-state index contributed by atoms with van der Waals surface area (Å²) >= 11 is 0. The van der Waals surface area contributed by atoms with Crippen molar-refractivity contribution in [3.8, 4) is 0 Å². The van der Waals surface area contributed by atoms with E-state index in [2.05, 4.69) is 0 Å². The van der Waals surface area contributed by atoms with Crippen LogP contribution in [0.4, 0.5) is 26.3 Å². The van der Waals surface area contributed by atoms with Gasteiger partial charge in [-0.3, -0.25) is 4.79 Å². The lowest BCUT2D eigenvalue weighted by molar-refractivity contribution is -0.143. The topological polar surface area (TPSA) is 17.1 Å². The normalized spacial score (nSPS) is 12.2. The number of halogens is 6. The molecule has 2 aromatic carbocycles. The molecule has 128 valence electrons. The van der Waals surface area contributed by atoms with Crippen molar-refractivity contribution >= 4 is 5.78 Å². The first-order chi connectivity index (χ1) is 11.1. The van der Waals surface area contributed by atoms with Gasteiger partial charge in [-0.1, -0.05) is 36.4 Å². The van der Waals surface area contributed by atoms with Gasteiger partial charge in [-0.15, -0.1) is 0 Å². The fraction of sp³-hybridized carbons (Fsp3) is 0.235. The lowest BCUT2D eigenvalue weighted by Crippen LogP contribution is -2.16. The number of alkyl halides is 6. The monoisotopic (exact) mass is 346 g/mol. The molecule has 0 aliphatic carbocycles. The standard InChI is InChI=1S/C17H12F6O/c18-16(19,20)12-7-8-13(14(10-12)17(21,22)23)15(24)9-6-11-4-2-1-3-5-11/h1-5,7-8,10H,6,9H2. The molecule has 24 heavy (non-hydrogen) atoms. The van der Waals surface area contributed by atoms with Gasteiger partial charge >= 0.3 is 12.4 Å². The summed E-state index contributed by atoms with van der Waals surface area (Å²) in [6.07, 6.45) is -9.97. The molecular formula is C17H12F6O. The molecular weight excluding hydrogens is 334 g/mol. The quantitative estimate of drug-likeness (QED) is 0.525. The molecule has 0 N–H and O–H groups in total. The number of ketones is 1. The Hall–Kier alpha value is -2.31. The molecule has 2 rings (SSSR count). The summed E-state index contributed by atoms with van der Waals surface area (Å²) in [5, 5.41) is 0. The van der Waals surface area contributed by atoms with Crippen molar-refractivity contribution in [1.82, 2.24) is 0 Å². The van der Waals surface area contributed by atoms with Gasteiger partial charge in [0.15, 0.2) is 5.78 Å². The van der Waals surface area contributed by atoms with Crippen molar-refractivity contribution in [3.63, 3.8) is 0 Å². The summed E-state index contributed by atoms with van der Waals surface area (Å²) in [5.74, 6) is -0.847. The fourth-order valence-electron chi connectivity index (χ4n) is 2.24. The zero-order chi connectivity index (χ0) is 18.0. The highest BCUT2D eigenvalue weighted by atomic mass is 19.4. The second kappa shape index (κ2) is 6.67. The van der Waals surface area contributed by atoms with E-state index in [4.69, 9.17) is 0 Å². The van der Waals surface area contributed by atoms with E-state index < -0.39 is 34.8 Å². The average Bonchev–Trinajstić information content (AvgIpc) is 2.51. The van der Waals surface area contributed by atoms with Gasteiger partial charge < -0.3 is 0 Å². The molecule has 0 unspecified atom stereocenters. The van der Waals surface area contributed by atoms with Crippen LogP contribution in [0.2, 0.25) is 0 Å². The van der Waals surface area contributed by atoms with Crippen molar-refractivity contribution in [2.75, 3.05) is 0 Å². The number of hydrogen-bond acceptors (Lipinski definition) is 1. The first kappa shape index (κ1) is 18.0. The van der Waals surface area contributed by atoms with Crippen LogP contribution in [0.5, 0.6) is 0 Å². The van der Waals surface area contributed by atoms with Crippen molar-refractivity contribution in [2.24, 2.45) is 0 Å². The highest BCUT2D eigenvalue weighted by Crippen LogP contribution is 2.37. The lowest BCUT2D eigenvalue weighted by Gasteiger charge is -2.15. The lowest BCUT2D eigenvalue weighted by atomic mass is 9.96. The molecule has 0 saturated heterocycles. The maximum Gasteiger partial charge on any atom is 0.417 e. The number of carbonyl (C=O) groups is 1. The van der Waals surface area contributed by atoms with E-state index in [9.17, 15) is 31.1 Å². The van der Waals surface area contributed by atoms with Crippen molar-refractivity contribution in [3.05, 3.63) is 70.8 Å². The zero-order valence-corrected chi connectivity index (χ0v) is 12.2. The SMILES string of the molecule is O=C(CCc1ccccc1)c1ccc(C(F)(F)F)cc1C(F)(F)F. The van der Waals surface area contributed by atoms with Gasteiger partial charge in [0.2, 0.25) is 0 Å². The van der Waals surface area contributed by atoms with Crippen LogP contribution in [0.3, 0.4) is 0 Å². The maximum atomic E-state index is 13.0. The molecule has 0 spiro atoms. The fourth-order valence-corrected chi connectivity index (χ4v) is 2.24. The minimum atomic E-state index is -5.04. The van der Waals surface area contributed by atoms with Gasteiger partial charge in [-0.05, 0) is 24.1 Å². The van der Waals surface area contributed by atoms with Crippen LogP contribution >= 0.6 is 0 Å². The van der Waals surface area contributed by atoms with Gasteiger partial charge in [0.1, 0.15) is 0 Å². The number of benzene rings is 2. The van der Waals surface area contributed by atoms with E-state index in [1.807, 2.05) is 0 Å². The molecule has 0 aliphatic rings. The molecule has 0 radical (unpaired) electrons. The molecule has 0 amide bonds. The van der Waals surface area contributed by atoms with E-state index in [1.54, 1.807) is 30.3 Å². The van der Waals surface area contributed by atoms with Crippen molar-refractivity contribution < 1.29 is 31.1 Å². The van der Waals surface area contributed by atoms with Gasteiger partial charge in [-0.25, -0.2) is 0 Å². The third-order valence-electron chi connectivity index (χ3n) is 3.44. The minimum absolute atomic E-state index is 0.0181. The molecule has 0 heterocycles. The van der Waals surface area contributed by atoms with E-state index in [0.717, 1.165) is 5.56 Å². The van der Waals surface area contributed by atoms with Gasteiger partial charge in [0.05, 0.1) is 11.1 Å². The Bertz CT molecular complexity index is 716. The number of hydrogen-bond donors (Lipinski definition) is 0. The maximum absolute atomic E-state index is 13.0. The predicted molar refractivity (Wildman–Crippen MR) is 75.5 cm³/mol. The molecule has 0 aliphatic heterocycles. The molecule has 1 nitrogen and oxygen atoms in total. The summed E-state index contributed by atoms with van der Waals surface area (Å²) in [5.41, 5.74) is -2.98. The third-order valence-corrected chi connectivity index (χ3v) is 3.44. The number of carbonyl (C=O) groups excluding carboxylic acids is 1. The van der Waals surface area contributed by atoms with Crippen LogP contribution in [0, 0.1) is 0 Å². The number of aryl methyl sites for hydroxylation is 1. The van der Waals surface area contributed by atoms with Gasteiger partial charge in [0, 0.05) is 12.0 Å². The van der Waals surface area contributed by atoms with E-state index in [0.29, 0.717) is 12.1 Å². The first-order valence-electron chi connectivity index (χ1n) is 6.94. The van der Waals surface area contributed by atoms with Gasteiger partial charge in [0.25, 0.3) is 0 Å². The van der Waals surface area contributed by atoms with Crippen LogP contribution in [-0.2, 0) is 18.8 Å². The number of rotatable bonds is 4. The van der Waals surface area contributed by atoms with Crippen molar-refractivity contribution in [1.29, 1.82) is 0 Å². The Balaban J connectivity index is 2.30. The summed E-state index contributed by atoms with van der Waals surface area (Å²) in [4.78, 5) is 12.1. The van der Waals surface area contributed by atoms with Gasteiger partial charge in [-0.2, -0.15) is 26.3 Å². The molecule has 0 atom stereocenters. The number of Topliss-reactive ketones (excluding diaryl/α,β-unsaturated/α-hetero) is 1. The highest BCUT2D eigenvalue weighted by Gasteiger charge is 2.39. The van der Waals surface area contributed by atoms with Crippen molar-refractivity contribution in [2.45, 2.75) is 25.2 Å². The Kier molecular flexibility index (Phi) is 5.01. The summed E-state index contributed by atoms with van der Waals surface area (Å²) < 4.78 is 76.9. The second-order valence-electron chi connectivity index (χ2n) is 5.16. The summed E-state index contributed by atoms with van der Waals surface area (Å²) in [7, 11) is 0. The summed E-state index contributed by atoms with van der Waals surface area (Å²) in [6, 6.07) is 9.69. The molecule has 2 aromatic rings. The van der Waals surface area contributed by atoms with E-state index >= 15 is 0 Å². The zero-order valence-electron chi connectivity index (χ0n) is 12.2. The van der Waals surface area contributed by atoms with E-state index in [1.165, 1.54) is 0 Å². The van der Waals surface area contributed by atoms with Crippen LogP contribution in [-0.4, -0.2) is 5.78 Å². The predicted octanol–water partition coefficient (Wildman–Crippen LogP) is 5.54. The Labute approximate surface area is 133 Å². The molecule has 0 fully saturated rings. The third kappa shape index (κ3) is 4.37. The van der Waals surface area contributed by atoms with Crippen LogP contribution in [0.1, 0.15) is 33.5 Å². The molecule has 0 aromatic heterocycles. The molecule has 0 saturated carbocycles.